The number of allylic oxidation sites excluding steroid dienone is 1. The number of benzene rings is 1. The molecule has 0 amide bonds. The summed E-state index contributed by atoms with van der Waals surface area (Å²) in [6, 6.07) is 4.48. The lowest BCUT2D eigenvalue weighted by Crippen LogP contribution is -2.14. The van der Waals surface area contributed by atoms with Crippen LogP contribution in [-0.4, -0.2) is 34.9 Å². The van der Waals surface area contributed by atoms with Crippen molar-refractivity contribution in [1.82, 2.24) is 0 Å². The van der Waals surface area contributed by atoms with Gasteiger partial charge in [-0.15, -0.1) is 6.58 Å². The molecule has 0 saturated carbocycles. The van der Waals surface area contributed by atoms with Gasteiger partial charge in [-0.3, -0.25) is 0 Å². The summed E-state index contributed by atoms with van der Waals surface area (Å²) >= 11 is 0. The van der Waals surface area contributed by atoms with Crippen LogP contribution in [-0.2, 0) is 4.74 Å². The highest BCUT2D eigenvalue weighted by Crippen LogP contribution is 2.31. The van der Waals surface area contributed by atoms with E-state index < -0.39 is 11.9 Å². The lowest BCUT2D eigenvalue weighted by atomic mass is 9.88. The summed E-state index contributed by atoms with van der Waals surface area (Å²) in [7, 11) is 0. The Morgan fingerprint density at radius 2 is 2.11 bits per heavy atom. The predicted molar refractivity (Wildman–Crippen MR) is 67.7 cm³/mol. The van der Waals surface area contributed by atoms with E-state index in [4.69, 9.17) is 9.84 Å². The molecule has 0 spiro atoms. The number of epoxide rings is 1. The molecule has 1 fully saturated rings. The summed E-state index contributed by atoms with van der Waals surface area (Å²) < 4.78 is 5.13. The molecule has 1 aliphatic heterocycles. The van der Waals surface area contributed by atoms with E-state index in [1.807, 2.05) is 0 Å². The van der Waals surface area contributed by atoms with Crippen molar-refractivity contribution in [3.63, 3.8) is 0 Å². The molecule has 1 aromatic carbocycles. The highest BCUT2D eigenvalue weighted by Gasteiger charge is 2.29. The quantitative estimate of drug-likeness (QED) is 0.605. The number of rotatable bonds is 6. The first-order chi connectivity index (χ1) is 9.04. The van der Waals surface area contributed by atoms with Gasteiger partial charge in [0.1, 0.15) is 0 Å². The normalized spacial score (nSPS) is 18.6. The van der Waals surface area contributed by atoms with E-state index >= 15 is 0 Å². The summed E-state index contributed by atoms with van der Waals surface area (Å²) in [4.78, 5) is 22.4. The standard InChI is InChI=1S/C14H14O5/c1-2-8(6-9-7-19-9)10-4-3-5-11(13(15)16)12(10)14(17)18/h2-5,8-9H,1,6-7H2,(H,15,16)(H,17,18). The van der Waals surface area contributed by atoms with Gasteiger partial charge in [0, 0.05) is 5.92 Å². The topological polar surface area (TPSA) is 87.1 Å². The molecular formula is C14H14O5. The van der Waals surface area contributed by atoms with Crippen LogP contribution in [0.2, 0.25) is 0 Å². The largest absolute Gasteiger partial charge is 0.478 e. The molecular weight excluding hydrogens is 248 g/mol. The van der Waals surface area contributed by atoms with Crippen LogP contribution >= 0.6 is 0 Å². The Bertz CT molecular complexity index is 531. The van der Waals surface area contributed by atoms with Crippen molar-refractivity contribution in [2.24, 2.45) is 0 Å². The Morgan fingerprint density at radius 1 is 1.42 bits per heavy atom. The first-order valence-electron chi connectivity index (χ1n) is 5.88. The number of carbonyl (C=O) groups is 2. The molecule has 2 N–H and O–H groups in total. The van der Waals surface area contributed by atoms with Crippen LogP contribution in [0.25, 0.3) is 0 Å². The summed E-state index contributed by atoms with van der Waals surface area (Å²) in [5, 5.41) is 18.3. The Morgan fingerprint density at radius 3 is 2.58 bits per heavy atom. The molecule has 19 heavy (non-hydrogen) atoms. The summed E-state index contributed by atoms with van der Waals surface area (Å²) in [5.41, 5.74) is 0.104. The summed E-state index contributed by atoms with van der Waals surface area (Å²) in [6.45, 7) is 4.36. The van der Waals surface area contributed by atoms with E-state index in [0.717, 1.165) is 0 Å². The molecule has 5 nitrogen and oxygen atoms in total. The molecule has 2 rings (SSSR count). The van der Waals surface area contributed by atoms with Crippen molar-refractivity contribution >= 4 is 11.9 Å². The van der Waals surface area contributed by atoms with Crippen molar-refractivity contribution < 1.29 is 24.5 Å². The minimum atomic E-state index is -1.25. The minimum absolute atomic E-state index is 0.109. The number of aromatic carboxylic acids is 2. The molecule has 0 aromatic heterocycles. The van der Waals surface area contributed by atoms with E-state index in [1.165, 1.54) is 6.07 Å². The molecule has 5 heteroatoms. The average molecular weight is 262 g/mol. The van der Waals surface area contributed by atoms with Crippen molar-refractivity contribution in [3.05, 3.63) is 47.5 Å². The SMILES string of the molecule is C=CC(CC1CO1)c1cccc(C(=O)O)c1C(=O)O. The fraction of sp³-hybridized carbons (Fsp3) is 0.286. The third kappa shape index (κ3) is 2.82. The van der Waals surface area contributed by atoms with Gasteiger partial charge in [-0.25, -0.2) is 9.59 Å². The second-order valence-corrected chi connectivity index (χ2v) is 4.41. The average Bonchev–Trinajstić information content (AvgIpc) is 3.18. The zero-order valence-electron chi connectivity index (χ0n) is 10.2. The summed E-state index contributed by atoms with van der Waals surface area (Å²) in [6.07, 6.45) is 2.36. The number of ether oxygens (including phenoxy) is 1. The Balaban J connectivity index is 2.47. The van der Waals surface area contributed by atoms with Crippen LogP contribution in [0.3, 0.4) is 0 Å². The van der Waals surface area contributed by atoms with Crippen LogP contribution < -0.4 is 0 Å². The van der Waals surface area contributed by atoms with Gasteiger partial charge < -0.3 is 14.9 Å². The van der Waals surface area contributed by atoms with Gasteiger partial charge in [-0.05, 0) is 18.1 Å². The first-order valence-corrected chi connectivity index (χ1v) is 5.88. The van der Waals surface area contributed by atoms with Crippen LogP contribution in [0.5, 0.6) is 0 Å². The first kappa shape index (κ1) is 13.3. The highest BCUT2D eigenvalue weighted by molar-refractivity contribution is 6.02. The molecule has 100 valence electrons. The molecule has 2 unspecified atom stereocenters. The van der Waals surface area contributed by atoms with E-state index in [1.54, 1.807) is 18.2 Å². The highest BCUT2D eigenvalue weighted by atomic mass is 16.6. The third-order valence-electron chi connectivity index (χ3n) is 3.14. The van der Waals surface area contributed by atoms with Crippen molar-refractivity contribution in [2.75, 3.05) is 6.61 Å². The van der Waals surface area contributed by atoms with Gasteiger partial charge in [0.15, 0.2) is 0 Å². The van der Waals surface area contributed by atoms with Gasteiger partial charge >= 0.3 is 11.9 Å². The number of hydrogen-bond donors (Lipinski definition) is 2. The molecule has 0 radical (unpaired) electrons. The van der Waals surface area contributed by atoms with Crippen molar-refractivity contribution in [1.29, 1.82) is 0 Å². The van der Waals surface area contributed by atoms with Gasteiger partial charge in [0.25, 0.3) is 0 Å². The molecule has 2 atom stereocenters. The van der Waals surface area contributed by atoms with Crippen molar-refractivity contribution in [3.8, 4) is 0 Å². The number of carboxylic acids is 2. The lowest BCUT2D eigenvalue weighted by molar-refractivity contribution is 0.0650. The van der Waals surface area contributed by atoms with Gasteiger partial charge in [0.2, 0.25) is 0 Å². The second-order valence-electron chi connectivity index (χ2n) is 4.41. The Kier molecular flexibility index (Phi) is 3.66. The fourth-order valence-corrected chi connectivity index (χ4v) is 2.13. The van der Waals surface area contributed by atoms with E-state index in [2.05, 4.69) is 6.58 Å². The monoisotopic (exact) mass is 262 g/mol. The van der Waals surface area contributed by atoms with Gasteiger partial charge in [-0.2, -0.15) is 0 Å². The zero-order chi connectivity index (χ0) is 14.0. The smallest absolute Gasteiger partial charge is 0.336 e. The lowest BCUT2D eigenvalue weighted by Gasteiger charge is -2.15. The summed E-state index contributed by atoms with van der Waals surface area (Å²) in [5.74, 6) is -2.71. The fourth-order valence-electron chi connectivity index (χ4n) is 2.13. The van der Waals surface area contributed by atoms with Crippen LogP contribution in [0, 0.1) is 0 Å². The van der Waals surface area contributed by atoms with Gasteiger partial charge in [-0.1, -0.05) is 18.2 Å². The maximum atomic E-state index is 11.3. The third-order valence-corrected chi connectivity index (χ3v) is 3.14. The van der Waals surface area contributed by atoms with Crippen molar-refractivity contribution in [2.45, 2.75) is 18.4 Å². The molecule has 1 aliphatic rings. The Labute approximate surface area is 110 Å². The molecule has 0 aliphatic carbocycles. The minimum Gasteiger partial charge on any atom is -0.478 e. The van der Waals surface area contributed by atoms with Crippen LogP contribution in [0.1, 0.15) is 38.6 Å². The van der Waals surface area contributed by atoms with E-state index in [9.17, 15) is 14.7 Å². The zero-order valence-corrected chi connectivity index (χ0v) is 10.2. The molecule has 1 saturated heterocycles. The predicted octanol–water partition coefficient (Wildman–Crippen LogP) is 2.14. The Hall–Kier alpha value is -2.14. The number of hydrogen-bond acceptors (Lipinski definition) is 3. The second kappa shape index (κ2) is 5.24. The van der Waals surface area contributed by atoms with Gasteiger partial charge in [0.05, 0.1) is 23.8 Å². The van der Waals surface area contributed by atoms with Crippen LogP contribution in [0.4, 0.5) is 0 Å². The maximum Gasteiger partial charge on any atom is 0.336 e. The van der Waals surface area contributed by atoms with Crippen LogP contribution in [0.15, 0.2) is 30.9 Å². The maximum absolute atomic E-state index is 11.3. The number of carboxylic acid groups (broad SMARTS) is 2. The van der Waals surface area contributed by atoms with E-state index in [-0.39, 0.29) is 23.1 Å². The molecule has 1 aromatic rings. The molecule has 1 heterocycles. The van der Waals surface area contributed by atoms with E-state index in [0.29, 0.717) is 18.6 Å². The molecule has 0 bridgehead atoms.